The van der Waals surface area contributed by atoms with E-state index in [1.807, 2.05) is 0 Å². The molecule has 0 unspecified atom stereocenters. The van der Waals surface area contributed by atoms with Crippen LogP contribution in [0.2, 0.25) is 0 Å². The molecule has 0 amide bonds. The zero-order chi connectivity index (χ0) is 17.9. The summed E-state index contributed by atoms with van der Waals surface area (Å²) >= 11 is 0. The number of carbonyl (C=O) groups is 1. The molecule has 0 atom stereocenters. The highest BCUT2D eigenvalue weighted by molar-refractivity contribution is 5.66. The van der Waals surface area contributed by atoms with Crippen molar-refractivity contribution in [2.45, 2.75) is 25.6 Å². The van der Waals surface area contributed by atoms with Crippen LogP contribution in [0.5, 0.6) is 0 Å². The zero-order valence-electron chi connectivity index (χ0n) is 13.2. The molecule has 0 saturated heterocycles. The third-order valence-electron chi connectivity index (χ3n) is 3.53. The minimum atomic E-state index is -1.52. The van der Waals surface area contributed by atoms with Gasteiger partial charge in [-0.15, -0.1) is 0 Å². The quantitative estimate of drug-likeness (QED) is 0.624. The number of hydrogen-bond donors (Lipinski definition) is 0. The molecule has 3 aromatic rings. The molecule has 25 heavy (non-hydrogen) atoms. The standard InChI is InChI=1S/C15H14F2N6O2/c1-11(24)25-15(5-22-9-18-7-20-22,6-23-10-19-8-21-23)13-3-2-12(16)4-14(13)17/h2-4,7-10H,5-6H2,1H3. The van der Waals surface area contributed by atoms with Crippen molar-refractivity contribution < 1.29 is 18.3 Å². The average Bonchev–Trinajstić information content (AvgIpc) is 3.20. The molecule has 0 N–H and O–H groups in total. The topological polar surface area (TPSA) is 87.7 Å². The van der Waals surface area contributed by atoms with Crippen molar-refractivity contribution in [3.05, 3.63) is 60.7 Å². The van der Waals surface area contributed by atoms with Crippen molar-refractivity contribution in [1.82, 2.24) is 29.5 Å². The fraction of sp³-hybridized carbons (Fsp3) is 0.267. The normalized spacial score (nSPS) is 11.5. The van der Waals surface area contributed by atoms with Crippen LogP contribution in [0, 0.1) is 11.6 Å². The Bertz CT molecular complexity index is 815. The summed E-state index contributed by atoms with van der Waals surface area (Å²) in [7, 11) is 0. The van der Waals surface area contributed by atoms with Gasteiger partial charge in [0.1, 0.15) is 36.9 Å². The molecule has 0 aliphatic heterocycles. The van der Waals surface area contributed by atoms with E-state index in [0.717, 1.165) is 12.1 Å². The molecule has 2 aromatic heterocycles. The smallest absolute Gasteiger partial charge is 0.303 e. The van der Waals surface area contributed by atoms with Gasteiger partial charge < -0.3 is 4.74 Å². The lowest BCUT2D eigenvalue weighted by atomic mass is 9.92. The van der Waals surface area contributed by atoms with Gasteiger partial charge in [-0.2, -0.15) is 10.2 Å². The van der Waals surface area contributed by atoms with Crippen molar-refractivity contribution in [1.29, 1.82) is 0 Å². The number of esters is 1. The molecule has 3 rings (SSSR count). The molecule has 0 saturated carbocycles. The van der Waals surface area contributed by atoms with E-state index in [1.165, 1.54) is 47.7 Å². The molecule has 8 nitrogen and oxygen atoms in total. The molecule has 0 fully saturated rings. The van der Waals surface area contributed by atoms with Crippen molar-refractivity contribution in [2.24, 2.45) is 0 Å². The summed E-state index contributed by atoms with van der Waals surface area (Å²) in [6.45, 7) is 1.11. The van der Waals surface area contributed by atoms with E-state index in [9.17, 15) is 13.6 Å². The first kappa shape index (κ1) is 16.7. The molecular formula is C15H14F2N6O2. The van der Waals surface area contributed by atoms with Gasteiger partial charge in [-0.1, -0.05) is 0 Å². The number of rotatable bonds is 6. The van der Waals surface area contributed by atoms with E-state index >= 15 is 0 Å². The van der Waals surface area contributed by atoms with Crippen molar-refractivity contribution >= 4 is 5.97 Å². The lowest BCUT2D eigenvalue weighted by molar-refractivity contribution is -0.163. The Kier molecular flexibility index (Phi) is 4.50. The van der Waals surface area contributed by atoms with Crippen LogP contribution in [0.15, 0.2) is 43.5 Å². The molecule has 130 valence electrons. The first-order valence-electron chi connectivity index (χ1n) is 7.28. The highest BCUT2D eigenvalue weighted by Gasteiger charge is 2.40. The Morgan fingerprint density at radius 1 is 1.12 bits per heavy atom. The summed E-state index contributed by atoms with van der Waals surface area (Å²) in [5.74, 6) is -2.22. The number of nitrogens with zero attached hydrogens (tertiary/aromatic N) is 6. The van der Waals surface area contributed by atoms with Crippen molar-refractivity contribution in [3.8, 4) is 0 Å². The van der Waals surface area contributed by atoms with Gasteiger partial charge >= 0.3 is 5.97 Å². The van der Waals surface area contributed by atoms with Crippen LogP contribution in [0.4, 0.5) is 8.78 Å². The van der Waals surface area contributed by atoms with Crippen LogP contribution < -0.4 is 0 Å². The molecule has 0 bridgehead atoms. The van der Waals surface area contributed by atoms with E-state index in [1.54, 1.807) is 0 Å². The van der Waals surface area contributed by atoms with Crippen LogP contribution in [-0.2, 0) is 28.2 Å². The fourth-order valence-electron chi connectivity index (χ4n) is 2.63. The predicted octanol–water partition coefficient (Wildman–Crippen LogP) is 1.31. The Hall–Kier alpha value is -3.17. The van der Waals surface area contributed by atoms with E-state index in [4.69, 9.17) is 4.74 Å². The van der Waals surface area contributed by atoms with Gasteiger partial charge in [-0.25, -0.2) is 28.1 Å². The maximum absolute atomic E-state index is 14.5. The first-order valence-corrected chi connectivity index (χ1v) is 7.28. The second kappa shape index (κ2) is 6.75. The van der Waals surface area contributed by atoms with Crippen LogP contribution in [-0.4, -0.2) is 35.5 Å². The third kappa shape index (κ3) is 3.67. The van der Waals surface area contributed by atoms with Crippen molar-refractivity contribution in [2.75, 3.05) is 0 Å². The molecule has 0 spiro atoms. The van der Waals surface area contributed by atoms with E-state index < -0.39 is 23.2 Å². The van der Waals surface area contributed by atoms with E-state index in [-0.39, 0.29) is 18.7 Å². The number of carbonyl (C=O) groups excluding carboxylic acids is 1. The Balaban J connectivity index is 2.13. The van der Waals surface area contributed by atoms with Gasteiger partial charge in [0.15, 0.2) is 5.60 Å². The first-order chi connectivity index (χ1) is 12.0. The number of benzene rings is 1. The number of ether oxygens (including phenoxy) is 1. The van der Waals surface area contributed by atoms with Crippen LogP contribution in [0.3, 0.4) is 0 Å². The number of aromatic nitrogens is 6. The lowest BCUT2D eigenvalue weighted by Gasteiger charge is -2.33. The van der Waals surface area contributed by atoms with Gasteiger partial charge in [-0.3, -0.25) is 4.79 Å². The van der Waals surface area contributed by atoms with Crippen LogP contribution in [0.1, 0.15) is 12.5 Å². The Morgan fingerprint density at radius 3 is 2.16 bits per heavy atom. The summed E-state index contributed by atoms with van der Waals surface area (Å²) in [5, 5.41) is 7.97. The van der Waals surface area contributed by atoms with Gasteiger partial charge in [0.2, 0.25) is 0 Å². The monoisotopic (exact) mass is 348 g/mol. The number of halogens is 2. The van der Waals surface area contributed by atoms with Crippen LogP contribution >= 0.6 is 0 Å². The maximum atomic E-state index is 14.5. The minimum Gasteiger partial charge on any atom is -0.450 e. The third-order valence-corrected chi connectivity index (χ3v) is 3.53. The largest absolute Gasteiger partial charge is 0.450 e. The van der Waals surface area contributed by atoms with Gasteiger partial charge in [-0.05, 0) is 12.1 Å². The Morgan fingerprint density at radius 2 is 1.72 bits per heavy atom. The maximum Gasteiger partial charge on any atom is 0.303 e. The highest BCUT2D eigenvalue weighted by Crippen LogP contribution is 2.32. The fourth-order valence-corrected chi connectivity index (χ4v) is 2.63. The SMILES string of the molecule is CC(=O)OC(Cn1cncn1)(Cn1cncn1)c1ccc(F)cc1F. The molecule has 10 heteroatoms. The van der Waals surface area contributed by atoms with Crippen LogP contribution in [0.25, 0.3) is 0 Å². The molecule has 1 aromatic carbocycles. The highest BCUT2D eigenvalue weighted by atomic mass is 19.1. The van der Waals surface area contributed by atoms with Gasteiger partial charge in [0.05, 0.1) is 13.1 Å². The van der Waals surface area contributed by atoms with Gasteiger partial charge in [0.25, 0.3) is 0 Å². The van der Waals surface area contributed by atoms with Crippen molar-refractivity contribution in [3.63, 3.8) is 0 Å². The lowest BCUT2D eigenvalue weighted by Crippen LogP contribution is -2.41. The van der Waals surface area contributed by atoms with E-state index in [0.29, 0.717) is 0 Å². The average molecular weight is 348 g/mol. The molecule has 2 heterocycles. The predicted molar refractivity (Wildman–Crippen MR) is 79.8 cm³/mol. The second-order valence-corrected chi connectivity index (χ2v) is 5.40. The zero-order valence-corrected chi connectivity index (χ0v) is 13.2. The molecule has 0 aliphatic rings. The van der Waals surface area contributed by atoms with E-state index in [2.05, 4.69) is 20.2 Å². The molecular weight excluding hydrogens is 334 g/mol. The van der Waals surface area contributed by atoms with Gasteiger partial charge in [0, 0.05) is 18.6 Å². The minimum absolute atomic E-state index is 0.00454. The summed E-state index contributed by atoms with van der Waals surface area (Å²) in [4.78, 5) is 19.4. The Labute approximate surface area is 141 Å². The molecule has 0 radical (unpaired) electrons. The molecule has 0 aliphatic carbocycles. The summed E-state index contributed by atoms with van der Waals surface area (Å²) in [5.41, 5.74) is -1.53. The summed E-state index contributed by atoms with van der Waals surface area (Å²) in [6, 6.07) is 3.07. The summed E-state index contributed by atoms with van der Waals surface area (Å²) in [6.07, 6.45) is 5.41. The number of hydrogen-bond acceptors (Lipinski definition) is 6. The second-order valence-electron chi connectivity index (χ2n) is 5.40. The summed E-state index contributed by atoms with van der Waals surface area (Å²) < 4.78 is 36.2.